The van der Waals surface area contributed by atoms with Crippen LogP contribution in [0.2, 0.25) is 0 Å². The normalized spacial score (nSPS) is 20.9. The topological polar surface area (TPSA) is 64.2 Å². The Morgan fingerprint density at radius 2 is 2.00 bits per heavy atom. The Hall–Kier alpha value is -1.36. The third kappa shape index (κ3) is 0.831. The van der Waals surface area contributed by atoms with Crippen LogP contribution in [-0.4, -0.2) is 14.5 Å². The standard InChI is InChI=1S/C7H8N2O3/c10-5-1-2-6(11)9-7(12)3-4-8(5)9/h1-2,7,12H,3-4H2/t7-/m0/s1. The highest BCUT2D eigenvalue weighted by molar-refractivity contribution is 4.91. The zero-order valence-electron chi connectivity index (χ0n) is 6.30. The fourth-order valence-electron chi connectivity index (χ4n) is 1.42. The van der Waals surface area contributed by atoms with Gasteiger partial charge in [-0.3, -0.25) is 9.59 Å². The molecule has 5 heteroatoms. The largest absolute Gasteiger partial charge is 0.372 e. The van der Waals surface area contributed by atoms with Crippen LogP contribution < -0.4 is 11.1 Å². The molecule has 64 valence electrons. The molecule has 0 saturated heterocycles. The van der Waals surface area contributed by atoms with E-state index >= 15 is 0 Å². The number of nitrogens with zero attached hydrogens (tertiary/aromatic N) is 2. The summed E-state index contributed by atoms with van der Waals surface area (Å²) in [7, 11) is 0. The molecule has 1 N–H and O–H groups in total. The molecule has 1 atom stereocenters. The Kier molecular flexibility index (Phi) is 1.41. The van der Waals surface area contributed by atoms with Crippen LogP contribution in [0.5, 0.6) is 0 Å². The molecule has 0 radical (unpaired) electrons. The van der Waals surface area contributed by atoms with Gasteiger partial charge in [-0.1, -0.05) is 0 Å². The second kappa shape index (κ2) is 2.31. The lowest BCUT2D eigenvalue weighted by Crippen LogP contribution is -2.34. The minimum absolute atomic E-state index is 0.244. The average molecular weight is 168 g/mol. The van der Waals surface area contributed by atoms with Crippen LogP contribution >= 0.6 is 0 Å². The molecule has 0 aromatic carbocycles. The lowest BCUT2D eigenvalue weighted by atomic mass is 10.4. The Balaban J connectivity index is 2.82. The molecule has 0 fully saturated rings. The minimum atomic E-state index is -0.841. The summed E-state index contributed by atoms with van der Waals surface area (Å²) in [6.07, 6.45) is -0.412. The van der Waals surface area contributed by atoms with Crippen LogP contribution in [0.4, 0.5) is 0 Å². The van der Waals surface area contributed by atoms with Gasteiger partial charge in [-0.2, -0.15) is 0 Å². The predicted molar refractivity (Wildman–Crippen MR) is 40.8 cm³/mol. The summed E-state index contributed by atoms with van der Waals surface area (Å²) in [5.41, 5.74) is -0.578. The van der Waals surface area contributed by atoms with Crippen LogP contribution in [0.15, 0.2) is 21.7 Å². The van der Waals surface area contributed by atoms with Gasteiger partial charge >= 0.3 is 0 Å². The molecule has 1 aliphatic rings. The number of hydrogen-bond acceptors (Lipinski definition) is 3. The van der Waals surface area contributed by atoms with Crippen molar-refractivity contribution in [2.75, 3.05) is 0 Å². The minimum Gasteiger partial charge on any atom is -0.372 e. The summed E-state index contributed by atoms with van der Waals surface area (Å²) in [6.45, 7) is 0.413. The molecule has 0 amide bonds. The van der Waals surface area contributed by atoms with E-state index in [0.717, 1.165) is 4.68 Å². The van der Waals surface area contributed by atoms with Gasteiger partial charge in [0.15, 0.2) is 6.23 Å². The van der Waals surface area contributed by atoms with Gasteiger partial charge in [-0.25, -0.2) is 9.36 Å². The van der Waals surface area contributed by atoms with Crippen molar-refractivity contribution >= 4 is 0 Å². The summed E-state index contributed by atoms with van der Waals surface area (Å²) in [6, 6.07) is 2.39. The Morgan fingerprint density at radius 1 is 1.33 bits per heavy atom. The van der Waals surface area contributed by atoms with Crippen LogP contribution in [0.1, 0.15) is 12.6 Å². The van der Waals surface area contributed by atoms with Crippen molar-refractivity contribution in [3.63, 3.8) is 0 Å². The smallest absolute Gasteiger partial charge is 0.267 e. The molecule has 0 spiro atoms. The van der Waals surface area contributed by atoms with E-state index in [-0.39, 0.29) is 11.1 Å². The summed E-state index contributed by atoms with van der Waals surface area (Å²) in [4.78, 5) is 22.2. The second-order valence-electron chi connectivity index (χ2n) is 2.75. The molecule has 0 saturated carbocycles. The first kappa shape index (κ1) is 7.30. The number of fused-ring (bicyclic) bond motifs is 1. The predicted octanol–water partition coefficient (Wildman–Crippen LogP) is -1.10. The summed E-state index contributed by atoms with van der Waals surface area (Å²) >= 11 is 0. The molecule has 5 nitrogen and oxygen atoms in total. The van der Waals surface area contributed by atoms with Crippen LogP contribution in [0.25, 0.3) is 0 Å². The monoisotopic (exact) mass is 168 g/mol. The number of hydrogen-bond donors (Lipinski definition) is 1. The van der Waals surface area contributed by atoms with Gasteiger partial charge in [0.2, 0.25) is 0 Å². The van der Waals surface area contributed by atoms with Crippen molar-refractivity contribution in [2.45, 2.75) is 19.2 Å². The molecule has 0 aliphatic carbocycles. The third-order valence-electron chi connectivity index (χ3n) is 1.99. The molecular formula is C7H8N2O3. The van der Waals surface area contributed by atoms with E-state index in [0.29, 0.717) is 13.0 Å². The van der Waals surface area contributed by atoms with Crippen LogP contribution in [-0.2, 0) is 6.54 Å². The van der Waals surface area contributed by atoms with Gasteiger partial charge < -0.3 is 5.11 Å². The SMILES string of the molecule is O=c1ccc(=O)n2n1CC[C@@H]2O. The fourth-order valence-corrected chi connectivity index (χ4v) is 1.42. The summed E-state index contributed by atoms with van der Waals surface area (Å²) < 4.78 is 2.34. The Labute approximate surface area is 67.5 Å². The van der Waals surface area contributed by atoms with Crippen LogP contribution in [0.3, 0.4) is 0 Å². The third-order valence-corrected chi connectivity index (χ3v) is 1.99. The number of aliphatic hydroxyl groups excluding tert-OH is 1. The van der Waals surface area contributed by atoms with Crippen molar-refractivity contribution in [1.82, 2.24) is 9.36 Å². The first-order chi connectivity index (χ1) is 5.70. The molecule has 1 aromatic rings. The van der Waals surface area contributed by atoms with Gasteiger partial charge in [0.25, 0.3) is 11.1 Å². The van der Waals surface area contributed by atoms with Crippen molar-refractivity contribution in [3.8, 4) is 0 Å². The summed E-state index contributed by atoms with van der Waals surface area (Å²) in [5, 5.41) is 9.29. The maximum absolute atomic E-state index is 11.1. The summed E-state index contributed by atoms with van der Waals surface area (Å²) in [5.74, 6) is 0. The van der Waals surface area contributed by atoms with Gasteiger partial charge in [0, 0.05) is 25.1 Å². The zero-order valence-corrected chi connectivity index (χ0v) is 6.30. The van der Waals surface area contributed by atoms with Crippen molar-refractivity contribution in [1.29, 1.82) is 0 Å². The maximum atomic E-state index is 11.1. The first-order valence-electron chi connectivity index (χ1n) is 3.71. The fraction of sp³-hybridized carbons (Fsp3) is 0.429. The molecule has 2 rings (SSSR count). The average Bonchev–Trinajstić information content (AvgIpc) is 2.42. The Bertz CT molecular complexity index is 417. The quantitative estimate of drug-likeness (QED) is 0.535. The van der Waals surface area contributed by atoms with Gasteiger partial charge in [-0.15, -0.1) is 0 Å². The van der Waals surface area contributed by atoms with Gasteiger partial charge in [0.05, 0.1) is 0 Å². The van der Waals surface area contributed by atoms with E-state index in [1.807, 2.05) is 0 Å². The highest BCUT2D eigenvalue weighted by atomic mass is 16.3. The second-order valence-corrected chi connectivity index (χ2v) is 2.75. The zero-order chi connectivity index (χ0) is 8.72. The maximum Gasteiger partial charge on any atom is 0.267 e. The molecular weight excluding hydrogens is 160 g/mol. The van der Waals surface area contributed by atoms with Crippen molar-refractivity contribution < 1.29 is 5.11 Å². The molecule has 1 aliphatic heterocycles. The van der Waals surface area contributed by atoms with Crippen LogP contribution in [0, 0.1) is 0 Å². The van der Waals surface area contributed by atoms with Gasteiger partial charge in [-0.05, 0) is 0 Å². The van der Waals surface area contributed by atoms with E-state index in [1.54, 1.807) is 0 Å². The lowest BCUT2D eigenvalue weighted by molar-refractivity contribution is 0.101. The van der Waals surface area contributed by atoms with Crippen molar-refractivity contribution in [3.05, 3.63) is 32.8 Å². The van der Waals surface area contributed by atoms with E-state index in [9.17, 15) is 14.7 Å². The van der Waals surface area contributed by atoms with E-state index < -0.39 is 6.23 Å². The van der Waals surface area contributed by atoms with E-state index in [2.05, 4.69) is 0 Å². The molecule has 12 heavy (non-hydrogen) atoms. The highest BCUT2D eigenvalue weighted by Crippen LogP contribution is 2.11. The molecule has 0 bridgehead atoms. The molecule has 2 heterocycles. The highest BCUT2D eigenvalue weighted by Gasteiger charge is 2.20. The first-order valence-corrected chi connectivity index (χ1v) is 3.71. The van der Waals surface area contributed by atoms with E-state index in [1.165, 1.54) is 16.8 Å². The number of rotatable bonds is 0. The number of aromatic nitrogens is 2. The number of aliphatic hydroxyl groups is 1. The van der Waals surface area contributed by atoms with Gasteiger partial charge in [0.1, 0.15) is 0 Å². The molecule has 0 unspecified atom stereocenters. The lowest BCUT2D eigenvalue weighted by Gasteiger charge is -2.06. The Morgan fingerprint density at radius 3 is 2.67 bits per heavy atom. The van der Waals surface area contributed by atoms with E-state index in [4.69, 9.17) is 0 Å². The van der Waals surface area contributed by atoms with Crippen molar-refractivity contribution in [2.24, 2.45) is 0 Å². The molecule has 1 aromatic heterocycles.